The van der Waals surface area contributed by atoms with Gasteiger partial charge in [0.05, 0.1) is 19.3 Å². The molecule has 0 aromatic heterocycles. The molecule has 0 amide bonds. The van der Waals surface area contributed by atoms with Crippen LogP contribution in [0.25, 0.3) is 0 Å². The van der Waals surface area contributed by atoms with Crippen LogP contribution in [-0.4, -0.2) is 35.0 Å². The molecule has 5 atom stereocenters. The lowest BCUT2D eigenvalue weighted by atomic mass is 9.67. The maximum absolute atomic E-state index is 9.93. The van der Waals surface area contributed by atoms with Crippen molar-refractivity contribution in [1.29, 1.82) is 0 Å². The quantitative estimate of drug-likeness (QED) is 0.666. The fourth-order valence-corrected chi connectivity index (χ4v) is 4.39. The molecule has 14 heavy (non-hydrogen) atoms. The molecule has 0 aromatic rings. The van der Waals surface area contributed by atoms with E-state index in [0.717, 1.165) is 6.42 Å². The van der Waals surface area contributed by atoms with E-state index in [2.05, 4.69) is 22.9 Å². The summed E-state index contributed by atoms with van der Waals surface area (Å²) in [5, 5.41) is 9.93. The van der Waals surface area contributed by atoms with Crippen LogP contribution >= 0.6 is 15.9 Å². The molecule has 1 spiro atoms. The zero-order valence-corrected chi connectivity index (χ0v) is 9.74. The summed E-state index contributed by atoms with van der Waals surface area (Å²) in [5.41, 5.74) is 0. The van der Waals surface area contributed by atoms with Gasteiger partial charge in [-0.2, -0.15) is 0 Å². The standard InChI is InChI=1S/C10H15BrO3/c1-5-7-6(8(11)9(5)12)4-10(7)13-2-3-14-10/h5-9,12H,2-4H2,1H3/t5?,6?,7-,8?,9?/m0/s1. The summed E-state index contributed by atoms with van der Waals surface area (Å²) in [7, 11) is 0. The molecule has 1 heterocycles. The van der Waals surface area contributed by atoms with E-state index in [0.29, 0.717) is 25.0 Å². The van der Waals surface area contributed by atoms with Gasteiger partial charge in [-0.25, -0.2) is 0 Å². The number of hydrogen-bond acceptors (Lipinski definition) is 3. The maximum Gasteiger partial charge on any atom is 0.172 e. The van der Waals surface area contributed by atoms with E-state index >= 15 is 0 Å². The van der Waals surface area contributed by atoms with E-state index in [1.807, 2.05) is 0 Å². The minimum atomic E-state index is -0.340. The molecule has 1 aliphatic heterocycles. The van der Waals surface area contributed by atoms with Gasteiger partial charge >= 0.3 is 0 Å². The average molecular weight is 263 g/mol. The molecule has 4 heteroatoms. The monoisotopic (exact) mass is 262 g/mol. The molecule has 3 rings (SSSR count). The zero-order chi connectivity index (χ0) is 9.92. The van der Waals surface area contributed by atoms with Gasteiger partial charge in [0.25, 0.3) is 0 Å². The molecule has 0 bridgehead atoms. The van der Waals surface area contributed by atoms with Crippen molar-refractivity contribution >= 4 is 15.9 Å². The summed E-state index contributed by atoms with van der Waals surface area (Å²) in [6.45, 7) is 3.51. The Kier molecular flexibility index (Phi) is 2.01. The van der Waals surface area contributed by atoms with Crippen molar-refractivity contribution in [1.82, 2.24) is 0 Å². The minimum absolute atomic E-state index is 0.223. The van der Waals surface area contributed by atoms with Crippen LogP contribution in [0.4, 0.5) is 0 Å². The second-order valence-corrected chi connectivity index (χ2v) is 5.75. The summed E-state index contributed by atoms with van der Waals surface area (Å²) < 4.78 is 11.4. The Morgan fingerprint density at radius 3 is 2.57 bits per heavy atom. The van der Waals surface area contributed by atoms with Gasteiger partial charge in [0.15, 0.2) is 5.79 Å². The van der Waals surface area contributed by atoms with Crippen LogP contribution in [0.15, 0.2) is 0 Å². The number of hydrogen-bond donors (Lipinski definition) is 1. The smallest absolute Gasteiger partial charge is 0.172 e. The van der Waals surface area contributed by atoms with Crippen molar-refractivity contribution in [2.75, 3.05) is 13.2 Å². The van der Waals surface area contributed by atoms with E-state index in [1.165, 1.54) is 0 Å². The SMILES string of the molecule is CC1C(O)C(Br)C2CC3(OCCO3)[C@@H]12. The highest BCUT2D eigenvalue weighted by molar-refractivity contribution is 9.09. The summed E-state index contributed by atoms with van der Waals surface area (Å²) in [6.07, 6.45) is 0.687. The van der Waals surface area contributed by atoms with Gasteiger partial charge in [-0.05, 0) is 11.8 Å². The second-order valence-electron chi connectivity index (χ2n) is 4.70. The molecule has 0 aromatic carbocycles. The predicted octanol–water partition coefficient (Wildman–Crippen LogP) is 1.14. The lowest BCUT2D eigenvalue weighted by molar-refractivity contribution is -0.275. The predicted molar refractivity (Wildman–Crippen MR) is 54.1 cm³/mol. The molecular weight excluding hydrogens is 248 g/mol. The first kappa shape index (κ1) is 9.58. The van der Waals surface area contributed by atoms with Gasteiger partial charge in [-0.3, -0.25) is 0 Å². The summed E-state index contributed by atoms with van der Waals surface area (Å²) in [5.74, 6) is 0.840. The van der Waals surface area contributed by atoms with Crippen LogP contribution in [-0.2, 0) is 9.47 Å². The van der Waals surface area contributed by atoms with E-state index < -0.39 is 0 Å². The molecule has 4 unspecified atom stereocenters. The normalized spacial score (nSPS) is 54.6. The summed E-state index contributed by atoms with van der Waals surface area (Å²) in [6, 6.07) is 0. The van der Waals surface area contributed by atoms with Gasteiger partial charge in [0.2, 0.25) is 0 Å². The van der Waals surface area contributed by atoms with Crippen molar-refractivity contribution in [3.05, 3.63) is 0 Å². The van der Waals surface area contributed by atoms with Crippen LogP contribution in [0.1, 0.15) is 13.3 Å². The highest BCUT2D eigenvalue weighted by Crippen LogP contribution is 2.61. The van der Waals surface area contributed by atoms with Crippen LogP contribution < -0.4 is 0 Å². The van der Waals surface area contributed by atoms with Gasteiger partial charge in [-0.1, -0.05) is 22.9 Å². The van der Waals surface area contributed by atoms with Crippen LogP contribution in [0.3, 0.4) is 0 Å². The topological polar surface area (TPSA) is 38.7 Å². The van der Waals surface area contributed by atoms with Crippen LogP contribution in [0, 0.1) is 17.8 Å². The molecule has 0 radical (unpaired) electrons. The van der Waals surface area contributed by atoms with Gasteiger partial charge in [0, 0.05) is 17.2 Å². The Bertz CT molecular complexity index is 242. The number of aliphatic hydroxyl groups excluding tert-OH is 1. The van der Waals surface area contributed by atoms with Crippen molar-refractivity contribution in [2.45, 2.75) is 30.1 Å². The van der Waals surface area contributed by atoms with E-state index in [9.17, 15) is 5.11 Å². The molecule has 2 aliphatic carbocycles. The number of aliphatic hydroxyl groups is 1. The largest absolute Gasteiger partial charge is 0.392 e. The first-order valence-electron chi connectivity index (χ1n) is 5.26. The third-order valence-electron chi connectivity index (χ3n) is 4.11. The minimum Gasteiger partial charge on any atom is -0.392 e. The van der Waals surface area contributed by atoms with Crippen LogP contribution in [0.5, 0.6) is 0 Å². The number of ether oxygens (including phenoxy) is 2. The molecule has 80 valence electrons. The molecule has 3 aliphatic rings. The third kappa shape index (κ3) is 0.979. The molecule has 1 N–H and O–H groups in total. The van der Waals surface area contributed by atoms with E-state index in [1.54, 1.807) is 0 Å². The van der Waals surface area contributed by atoms with Gasteiger partial charge in [-0.15, -0.1) is 0 Å². The van der Waals surface area contributed by atoms with E-state index in [-0.39, 0.29) is 22.6 Å². The fourth-order valence-electron chi connectivity index (χ4n) is 3.39. The highest BCUT2D eigenvalue weighted by atomic mass is 79.9. The molecule has 2 saturated carbocycles. The molecule has 1 saturated heterocycles. The lowest BCUT2D eigenvalue weighted by Gasteiger charge is -2.50. The van der Waals surface area contributed by atoms with Crippen LogP contribution in [0.2, 0.25) is 0 Å². The molecular formula is C10H15BrO3. The third-order valence-corrected chi connectivity index (χ3v) is 5.33. The summed E-state index contributed by atoms with van der Waals surface area (Å²) in [4.78, 5) is 0.223. The Balaban J connectivity index is 1.85. The lowest BCUT2D eigenvalue weighted by Crippen LogP contribution is -2.55. The van der Waals surface area contributed by atoms with E-state index in [4.69, 9.17) is 9.47 Å². The first-order chi connectivity index (χ1) is 6.66. The number of rotatable bonds is 0. The average Bonchev–Trinajstić information content (AvgIpc) is 2.67. The zero-order valence-electron chi connectivity index (χ0n) is 8.15. The van der Waals surface area contributed by atoms with Crippen molar-refractivity contribution in [3.63, 3.8) is 0 Å². The maximum atomic E-state index is 9.93. The Morgan fingerprint density at radius 1 is 1.36 bits per heavy atom. The Morgan fingerprint density at radius 2 is 2.00 bits per heavy atom. The van der Waals surface area contributed by atoms with Crippen molar-refractivity contribution in [2.24, 2.45) is 17.8 Å². The Labute approximate surface area is 91.9 Å². The number of fused-ring (bicyclic) bond motifs is 2. The van der Waals surface area contributed by atoms with Gasteiger partial charge < -0.3 is 14.6 Å². The van der Waals surface area contributed by atoms with Crippen molar-refractivity contribution in [3.8, 4) is 0 Å². The molecule has 3 nitrogen and oxygen atoms in total. The van der Waals surface area contributed by atoms with Gasteiger partial charge in [0.1, 0.15) is 0 Å². The second kappa shape index (κ2) is 2.94. The Hall–Kier alpha value is 0.360. The number of halogens is 1. The highest BCUT2D eigenvalue weighted by Gasteiger charge is 2.67. The fraction of sp³-hybridized carbons (Fsp3) is 1.00. The number of alkyl halides is 1. The molecule has 3 fully saturated rings. The summed E-state index contributed by atoms with van der Waals surface area (Å²) >= 11 is 3.57. The first-order valence-corrected chi connectivity index (χ1v) is 6.17. The van der Waals surface area contributed by atoms with Crippen molar-refractivity contribution < 1.29 is 14.6 Å².